The highest BCUT2D eigenvalue weighted by molar-refractivity contribution is 7.93. The number of hydrogen-bond acceptors (Lipinski definition) is 6. The number of hydrogen-bond donors (Lipinski definition) is 3. The lowest BCUT2D eigenvalue weighted by Crippen LogP contribution is -2.16. The Morgan fingerprint density at radius 1 is 1.22 bits per heavy atom. The molecule has 0 amide bonds. The smallest absolute Gasteiger partial charge is 0.337 e. The molecule has 0 saturated carbocycles. The minimum absolute atomic E-state index is 0.0593. The highest BCUT2D eigenvalue weighted by Crippen LogP contribution is 2.28. The molecule has 1 aromatic heterocycles. The van der Waals surface area contributed by atoms with Crippen molar-refractivity contribution in [3.05, 3.63) is 47.5 Å². The standard InChI is InChI=1S/C14H10N2O5S2/c17-8-4-5-9(14(18)19)10(6-8)16-23(20,21)12-3-1-2-11-13(12)15-7-22-11/h1-7,16-17H,(H,18,19). The zero-order valence-electron chi connectivity index (χ0n) is 11.4. The van der Waals surface area contributed by atoms with Crippen molar-refractivity contribution in [2.45, 2.75) is 4.90 Å². The molecular formula is C14H10N2O5S2. The first-order valence-corrected chi connectivity index (χ1v) is 8.66. The predicted octanol–water partition coefficient (Wildman–Crippen LogP) is 2.50. The van der Waals surface area contributed by atoms with Crippen molar-refractivity contribution in [3.8, 4) is 5.75 Å². The van der Waals surface area contributed by atoms with Gasteiger partial charge in [0.1, 0.15) is 16.2 Å². The maximum atomic E-state index is 12.6. The molecule has 118 valence electrons. The number of rotatable bonds is 4. The zero-order valence-corrected chi connectivity index (χ0v) is 13.1. The number of aromatic hydroxyl groups is 1. The van der Waals surface area contributed by atoms with Crippen molar-refractivity contribution in [3.63, 3.8) is 0 Å². The zero-order chi connectivity index (χ0) is 16.6. The lowest BCUT2D eigenvalue weighted by Gasteiger charge is -2.11. The monoisotopic (exact) mass is 350 g/mol. The van der Waals surface area contributed by atoms with Crippen molar-refractivity contribution in [2.75, 3.05) is 4.72 Å². The van der Waals surface area contributed by atoms with Gasteiger partial charge in [-0.2, -0.15) is 0 Å². The van der Waals surface area contributed by atoms with Gasteiger partial charge in [-0.05, 0) is 24.3 Å². The molecule has 0 aliphatic heterocycles. The minimum atomic E-state index is -4.06. The molecule has 3 rings (SSSR count). The second-order valence-corrected chi connectivity index (χ2v) is 7.13. The van der Waals surface area contributed by atoms with Crippen molar-refractivity contribution in [1.29, 1.82) is 0 Å². The molecular weight excluding hydrogens is 340 g/mol. The molecule has 0 radical (unpaired) electrons. The molecule has 3 N–H and O–H groups in total. The van der Waals surface area contributed by atoms with Crippen LogP contribution in [0.2, 0.25) is 0 Å². The largest absolute Gasteiger partial charge is 0.508 e. The first kappa shape index (κ1) is 15.3. The van der Waals surface area contributed by atoms with Gasteiger partial charge < -0.3 is 10.2 Å². The number of fused-ring (bicyclic) bond motifs is 1. The maximum absolute atomic E-state index is 12.6. The van der Waals surface area contributed by atoms with Crippen LogP contribution in [-0.2, 0) is 10.0 Å². The van der Waals surface area contributed by atoms with Gasteiger partial charge in [-0.25, -0.2) is 18.2 Å². The lowest BCUT2D eigenvalue weighted by atomic mass is 10.2. The number of aromatic carboxylic acids is 1. The summed E-state index contributed by atoms with van der Waals surface area (Å²) >= 11 is 1.30. The Morgan fingerprint density at radius 3 is 2.74 bits per heavy atom. The van der Waals surface area contributed by atoms with E-state index in [1.165, 1.54) is 29.0 Å². The Hall–Kier alpha value is -2.65. The Bertz CT molecular complexity index is 1010. The van der Waals surface area contributed by atoms with E-state index in [0.717, 1.165) is 12.1 Å². The number of nitrogens with one attached hydrogen (secondary N) is 1. The Morgan fingerprint density at radius 2 is 2.00 bits per heavy atom. The number of phenols is 1. The fourth-order valence-electron chi connectivity index (χ4n) is 2.08. The second-order valence-electron chi connectivity index (χ2n) is 4.60. The summed E-state index contributed by atoms with van der Waals surface area (Å²) in [6.45, 7) is 0. The van der Waals surface area contributed by atoms with Crippen LogP contribution in [0.4, 0.5) is 5.69 Å². The summed E-state index contributed by atoms with van der Waals surface area (Å²) in [5, 5.41) is 18.6. The molecule has 0 aliphatic rings. The van der Waals surface area contributed by atoms with Gasteiger partial charge in [0.2, 0.25) is 0 Å². The highest BCUT2D eigenvalue weighted by Gasteiger charge is 2.22. The molecule has 0 bridgehead atoms. The average Bonchev–Trinajstić information content (AvgIpc) is 2.94. The minimum Gasteiger partial charge on any atom is -0.508 e. The van der Waals surface area contributed by atoms with Gasteiger partial charge in [0.05, 0.1) is 21.5 Å². The number of thiazole rings is 1. The molecule has 0 fully saturated rings. The fourth-order valence-corrected chi connectivity index (χ4v) is 4.09. The molecule has 2 aromatic carbocycles. The van der Waals surface area contributed by atoms with Crippen molar-refractivity contribution in [1.82, 2.24) is 4.98 Å². The molecule has 7 nitrogen and oxygen atoms in total. The summed E-state index contributed by atoms with van der Waals surface area (Å²) in [4.78, 5) is 15.2. The topological polar surface area (TPSA) is 117 Å². The number of aromatic nitrogens is 1. The van der Waals surface area contributed by atoms with Gasteiger partial charge in [-0.1, -0.05) is 6.07 Å². The van der Waals surface area contributed by atoms with Crippen LogP contribution in [-0.4, -0.2) is 29.6 Å². The molecule has 0 spiro atoms. The van der Waals surface area contributed by atoms with E-state index in [1.807, 2.05) is 0 Å². The number of carbonyl (C=O) groups is 1. The fraction of sp³-hybridized carbons (Fsp3) is 0. The predicted molar refractivity (Wildman–Crippen MR) is 85.5 cm³/mol. The summed E-state index contributed by atoms with van der Waals surface area (Å²) < 4.78 is 28.1. The van der Waals surface area contributed by atoms with E-state index in [-0.39, 0.29) is 21.9 Å². The number of sulfonamides is 1. The van der Waals surface area contributed by atoms with Crippen molar-refractivity contribution >= 4 is 43.2 Å². The van der Waals surface area contributed by atoms with Gasteiger partial charge >= 0.3 is 5.97 Å². The third-order valence-corrected chi connectivity index (χ3v) is 5.28. The molecule has 3 aromatic rings. The average molecular weight is 350 g/mol. The van der Waals surface area contributed by atoms with E-state index < -0.39 is 16.0 Å². The Balaban J connectivity index is 2.11. The molecule has 0 aliphatic carbocycles. The van der Waals surface area contributed by atoms with Crippen LogP contribution in [0.3, 0.4) is 0 Å². The van der Waals surface area contributed by atoms with E-state index >= 15 is 0 Å². The summed E-state index contributed by atoms with van der Waals surface area (Å²) in [6.07, 6.45) is 0. The van der Waals surface area contributed by atoms with Crippen LogP contribution in [0.5, 0.6) is 5.75 Å². The molecule has 0 saturated heterocycles. The first-order valence-electron chi connectivity index (χ1n) is 6.30. The number of para-hydroxylation sites is 1. The Labute approximate surface area is 134 Å². The summed E-state index contributed by atoms with van der Waals surface area (Å²) in [5.74, 6) is -1.56. The number of anilines is 1. The third kappa shape index (κ3) is 2.83. The van der Waals surface area contributed by atoms with Crippen LogP contribution in [0, 0.1) is 0 Å². The molecule has 1 heterocycles. The first-order chi connectivity index (χ1) is 10.9. The number of nitrogens with zero attached hydrogens (tertiary/aromatic N) is 1. The van der Waals surface area contributed by atoms with Gasteiger partial charge in [0.15, 0.2) is 0 Å². The van der Waals surface area contributed by atoms with Crippen molar-refractivity contribution in [2.24, 2.45) is 0 Å². The maximum Gasteiger partial charge on any atom is 0.337 e. The van der Waals surface area contributed by atoms with E-state index in [2.05, 4.69) is 9.71 Å². The van der Waals surface area contributed by atoms with Crippen LogP contribution in [0.25, 0.3) is 10.2 Å². The van der Waals surface area contributed by atoms with E-state index in [0.29, 0.717) is 10.2 Å². The number of phenolic OH excluding ortho intramolecular Hbond substituents is 1. The Kier molecular flexibility index (Phi) is 3.66. The van der Waals surface area contributed by atoms with E-state index in [1.54, 1.807) is 12.1 Å². The van der Waals surface area contributed by atoms with Crippen LogP contribution >= 0.6 is 11.3 Å². The summed E-state index contributed by atoms with van der Waals surface area (Å²) in [7, 11) is -4.06. The molecule has 0 unspecified atom stereocenters. The summed E-state index contributed by atoms with van der Waals surface area (Å²) in [6, 6.07) is 8.04. The number of benzene rings is 2. The molecule has 9 heteroatoms. The van der Waals surface area contributed by atoms with E-state index in [9.17, 15) is 18.3 Å². The van der Waals surface area contributed by atoms with Crippen LogP contribution in [0.15, 0.2) is 46.8 Å². The summed E-state index contributed by atoms with van der Waals surface area (Å²) in [5.41, 5.74) is 1.35. The van der Waals surface area contributed by atoms with Crippen LogP contribution in [0.1, 0.15) is 10.4 Å². The van der Waals surface area contributed by atoms with Gasteiger partial charge in [-0.3, -0.25) is 4.72 Å². The molecule has 0 atom stereocenters. The number of carboxylic acid groups (broad SMARTS) is 1. The number of carboxylic acids is 1. The lowest BCUT2D eigenvalue weighted by molar-refractivity contribution is 0.0698. The normalized spacial score (nSPS) is 11.5. The quantitative estimate of drug-likeness (QED) is 0.665. The second kappa shape index (κ2) is 5.52. The highest BCUT2D eigenvalue weighted by atomic mass is 32.2. The van der Waals surface area contributed by atoms with E-state index in [4.69, 9.17) is 5.11 Å². The SMILES string of the molecule is O=C(O)c1ccc(O)cc1NS(=O)(=O)c1cccc2scnc12. The van der Waals surface area contributed by atoms with Gasteiger partial charge in [-0.15, -0.1) is 11.3 Å². The van der Waals surface area contributed by atoms with Gasteiger partial charge in [0, 0.05) is 6.07 Å². The van der Waals surface area contributed by atoms with Crippen LogP contribution < -0.4 is 4.72 Å². The van der Waals surface area contributed by atoms with Gasteiger partial charge in [0.25, 0.3) is 10.0 Å². The van der Waals surface area contributed by atoms with Crippen molar-refractivity contribution < 1.29 is 23.4 Å². The molecule has 23 heavy (non-hydrogen) atoms. The third-order valence-electron chi connectivity index (χ3n) is 3.09.